The van der Waals surface area contributed by atoms with Crippen molar-refractivity contribution in [3.05, 3.63) is 0 Å². The molecule has 0 spiro atoms. The zero-order valence-corrected chi connectivity index (χ0v) is 26.9. The molecule has 0 aliphatic carbocycles. The van der Waals surface area contributed by atoms with Gasteiger partial charge in [0.15, 0.2) is 0 Å². The van der Waals surface area contributed by atoms with E-state index in [2.05, 4.69) is 5.32 Å². The molecule has 0 radical (unpaired) electrons. The predicted molar refractivity (Wildman–Crippen MR) is 121 cm³/mol. The molecule has 0 fully saturated rings. The molecule has 0 heterocycles. The van der Waals surface area contributed by atoms with Crippen LogP contribution in [0, 0.1) is 0 Å². The molecule has 1 atom stereocenters. The minimum Gasteiger partial charge on any atom is -0.549 e. The van der Waals surface area contributed by atoms with E-state index >= 15 is 0 Å². The summed E-state index contributed by atoms with van der Waals surface area (Å²) in [6.07, 6.45) is -2.34. The summed E-state index contributed by atoms with van der Waals surface area (Å²) in [5, 5.41) is 75.2. The van der Waals surface area contributed by atoms with Crippen LogP contribution in [0.1, 0.15) is 19.3 Å². The van der Waals surface area contributed by atoms with Gasteiger partial charge in [-0.1, -0.05) is 0 Å². The predicted octanol–water partition coefficient (Wildman–Crippen LogP) is -12.6. The van der Waals surface area contributed by atoms with E-state index in [4.69, 9.17) is 36.4 Å². The molecule has 0 aliphatic rings. The van der Waals surface area contributed by atoms with Gasteiger partial charge in [-0.3, -0.25) is 43.9 Å². The van der Waals surface area contributed by atoms with Crippen molar-refractivity contribution in [1.29, 1.82) is 0 Å². The standard InChI is InChI=1S/2C10H16N2O8.2Na/c11-5(1-6(13)14)10(2-7(15)16,3-8(17)18)12-4-9(19)20;13-7(14)3-11(4-8(15)16)1-2-12(5-9(17)18)6-10(19)20;;/h5,12H,1-4,11H2,(H,13,14)(H,15,16)(H,17,18)(H,19,20);1-6H2,(H,13,14)(H,15,16)(H,17,18)(H,19,20);;/q;;2*+1/p-2. The maximum atomic E-state index is 10.8. The first kappa shape index (κ1) is 46.6. The number of carboxylic acid groups (broad SMARTS) is 8. The Morgan fingerprint density at radius 1 is 0.619 bits per heavy atom. The van der Waals surface area contributed by atoms with E-state index in [1.807, 2.05) is 0 Å². The van der Waals surface area contributed by atoms with E-state index in [1.54, 1.807) is 0 Å². The minimum absolute atomic E-state index is 0. The van der Waals surface area contributed by atoms with Gasteiger partial charge in [-0.15, -0.1) is 0 Å². The third-order valence-electron chi connectivity index (χ3n) is 4.78. The van der Waals surface area contributed by atoms with E-state index < -0.39 is 111 Å². The fourth-order valence-corrected chi connectivity index (χ4v) is 3.21. The van der Waals surface area contributed by atoms with Crippen LogP contribution >= 0.6 is 0 Å². The first-order valence-electron chi connectivity index (χ1n) is 10.9. The quantitative estimate of drug-likeness (QED) is 0.0547. The van der Waals surface area contributed by atoms with Crippen molar-refractivity contribution in [2.24, 2.45) is 5.73 Å². The summed E-state index contributed by atoms with van der Waals surface area (Å²) < 4.78 is 0. The van der Waals surface area contributed by atoms with Gasteiger partial charge in [0.05, 0.1) is 56.4 Å². The second-order valence-corrected chi connectivity index (χ2v) is 8.20. The molecule has 0 aromatic rings. The molecule has 22 heteroatoms. The molecule has 228 valence electrons. The Labute approximate surface area is 282 Å². The summed E-state index contributed by atoms with van der Waals surface area (Å²) in [5.74, 6) is -11.1. The van der Waals surface area contributed by atoms with E-state index in [0.29, 0.717) is 0 Å². The molecule has 0 aromatic heterocycles. The Hall–Kier alpha value is -2.40. The van der Waals surface area contributed by atoms with Crippen molar-refractivity contribution < 1.29 is 138 Å². The molecular formula is C20H30N4Na2O16. The molecule has 0 rings (SSSR count). The second-order valence-electron chi connectivity index (χ2n) is 8.20. The topological polar surface area (TPSA) is 349 Å². The van der Waals surface area contributed by atoms with Crippen molar-refractivity contribution in [3.8, 4) is 0 Å². The summed E-state index contributed by atoms with van der Waals surface area (Å²) in [7, 11) is 0. The van der Waals surface area contributed by atoms with Crippen LogP contribution < -0.4 is 80.4 Å². The SMILES string of the molecule is NC(CC(=O)O)C(CC(=O)O)(CC(=O)O)NCC(=O)O.O=C([O-])CN(CCN(CC(=O)O)CC(=O)O)CC(=O)[O-].[Na+].[Na+]. The number of nitrogens with two attached hydrogens (primary N) is 1. The molecule has 9 N–H and O–H groups in total. The number of carbonyl (C=O) groups excluding carboxylic acids is 2. The Kier molecular flexibility index (Phi) is 26.7. The average Bonchev–Trinajstić information content (AvgIpc) is 2.73. The Bertz CT molecular complexity index is 867. The normalized spacial score (nSPS) is 11.1. The molecule has 0 bridgehead atoms. The van der Waals surface area contributed by atoms with Gasteiger partial charge in [0.1, 0.15) is 0 Å². The number of hydrogen-bond acceptors (Lipinski definition) is 14. The fraction of sp³-hybridized carbons (Fsp3) is 0.600. The van der Waals surface area contributed by atoms with Gasteiger partial charge in [0.2, 0.25) is 0 Å². The van der Waals surface area contributed by atoms with Crippen LogP contribution in [0.5, 0.6) is 0 Å². The monoisotopic (exact) mass is 628 g/mol. The first-order chi connectivity index (χ1) is 18.3. The molecule has 0 aromatic carbocycles. The number of hydrogen-bond donors (Lipinski definition) is 8. The first-order valence-corrected chi connectivity index (χ1v) is 10.9. The summed E-state index contributed by atoms with van der Waals surface area (Å²) in [4.78, 5) is 86.8. The van der Waals surface area contributed by atoms with Gasteiger partial charge < -0.3 is 56.2 Å². The summed E-state index contributed by atoms with van der Waals surface area (Å²) in [6.45, 7) is -3.49. The van der Waals surface area contributed by atoms with Crippen molar-refractivity contribution in [2.75, 3.05) is 45.8 Å². The van der Waals surface area contributed by atoms with Crippen LogP contribution in [0.2, 0.25) is 0 Å². The second kappa shape index (κ2) is 24.1. The maximum absolute atomic E-state index is 10.8. The minimum atomic E-state index is -1.87. The number of carboxylic acids is 8. The molecule has 20 nitrogen and oxygen atoms in total. The Morgan fingerprint density at radius 2 is 0.976 bits per heavy atom. The molecule has 0 aliphatic heterocycles. The number of aliphatic carboxylic acids is 8. The van der Waals surface area contributed by atoms with E-state index in [1.165, 1.54) is 0 Å². The zero-order valence-electron chi connectivity index (χ0n) is 22.9. The van der Waals surface area contributed by atoms with Gasteiger partial charge in [-0.2, -0.15) is 0 Å². The van der Waals surface area contributed by atoms with Crippen molar-refractivity contribution in [3.63, 3.8) is 0 Å². The number of rotatable bonds is 21. The third-order valence-corrected chi connectivity index (χ3v) is 4.78. The average molecular weight is 628 g/mol. The van der Waals surface area contributed by atoms with Crippen LogP contribution in [0.15, 0.2) is 0 Å². The summed E-state index contributed by atoms with van der Waals surface area (Å²) in [6, 6.07) is -1.38. The molecule has 0 saturated heterocycles. The maximum Gasteiger partial charge on any atom is 1.00 e. The van der Waals surface area contributed by atoms with Crippen molar-refractivity contribution in [1.82, 2.24) is 15.1 Å². The van der Waals surface area contributed by atoms with Gasteiger partial charge in [-0.05, 0) is 0 Å². The molecule has 0 amide bonds. The Morgan fingerprint density at radius 3 is 1.24 bits per heavy atom. The Balaban J connectivity index is -0.000000328. The van der Waals surface area contributed by atoms with E-state index in [-0.39, 0.29) is 72.2 Å². The largest absolute Gasteiger partial charge is 1.00 e. The van der Waals surface area contributed by atoms with Gasteiger partial charge in [0, 0.05) is 32.2 Å². The van der Waals surface area contributed by atoms with Gasteiger partial charge in [-0.25, -0.2) is 0 Å². The van der Waals surface area contributed by atoms with Crippen LogP contribution in [0.4, 0.5) is 0 Å². The van der Waals surface area contributed by atoms with Crippen molar-refractivity contribution >= 4 is 47.8 Å². The summed E-state index contributed by atoms with van der Waals surface area (Å²) >= 11 is 0. The van der Waals surface area contributed by atoms with Crippen molar-refractivity contribution in [2.45, 2.75) is 30.8 Å². The smallest absolute Gasteiger partial charge is 0.549 e. The number of nitrogens with one attached hydrogen (secondary N) is 1. The third kappa shape index (κ3) is 25.3. The molecule has 0 saturated carbocycles. The van der Waals surface area contributed by atoms with Crippen LogP contribution in [0.25, 0.3) is 0 Å². The summed E-state index contributed by atoms with van der Waals surface area (Å²) in [5.41, 5.74) is 3.71. The fourth-order valence-electron chi connectivity index (χ4n) is 3.21. The van der Waals surface area contributed by atoms with Crippen LogP contribution in [-0.4, -0.2) is 146 Å². The van der Waals surface area contributed by atoms with Crippen LogP contribution in [0.3, 0.4) is 0 Å². The van der Waals surface area contributed by atoms with E-state index in [0.717, 1.165) is 9.80 Å². The number of nitrogens with zero attached hydrogens (tertiary/aromatic N) is 2. The van der Waals surface area contributed by atoms with E-state index in [9.17, 15) is 48.6 Å². The zero-order chi connectivity index (χ0) is 31.6. The number of carbonyl (C=O) groups is 8. The van der Waals surface area contributed by atoms with Gasteiger partial charge in [0.25, 0.3) is 0 Å². The van der Waals surface area contributed by atoms with Gasteiger partial charge >= 0.3 is 94.9 Å². The molecule has 42 heavy (non-hydrogen) atoms. The molecular weight excluding hydrogens is 598 g/mol. The molecule has 1 unspecified atom stereocenters. The van der Waals surface area contributed by atoms with Crippen LogP contribution in [-0.2, 0) is 38.4 Å².